The highest BCUT2D eigenvalue weighted by Gasteiger charge is 2.00. The van der Waals surface area contributed by atoms with Crippen molar-refractivity contribution >= 4 is 18.1 Å². The zero-order valence-electron chi connectivity index (χ0n) is 15.4. The number of ether oxygens (including phenoxy) is 1. The first-order chi connectivity index (χ1) is 13.1. The van der Waals surface area contributed by atoms with Gasteiger partial charge in [0.2, 0.25) is 0 Å². The van der Waals surface area contributed by atoms with Gasteiger partial charge in [0.25, 0.3) is 0 Å². The lowest BCUT2D eigenvalue weighted by Crippen LogP contribution is -2.02. The lowest BCUT2D eigenvalue weighted by Gasteiger charge is -2.02. The molecule has 0 saturated heterocycles. The number of unbranched alkanes of at least 4 members (excludes halogenated alkanes) is 4. The van der Waals surface area contributed by atoms with Gasteiger partial charge in [0.05, 0.1) is 6.61 Å². The van der Waals surface area contributed by atoms with Gasteiger partial charge < -0.3 is 14.9 Å². The third kappa shape index (κ3) is 8.27. The highest BCUT2D eigenvalue weighted by atomic mass is 16.5. The maximum Gasteiger partial charge on any atom is 0.330 e. The van der Waals surface area contributed by atoms with E-state index in [1.54, 1.807) is 12.1 Å². The summed E-state index contributed by atoms with van der Waals surface area (Å²) in [5.41, 5.74) is 1.84. The van der Waals surface area contributed by atoms with Gasteiger partial charge in [0.1, 0.15) is 0 Å². The Morgan fingerprint density at radius 3 is 2.41 bits per heavy atom. The van der Waals surface area contributed by atoms with Gasteiger partial charge in [-0.15, -0.1) is 0 Å². The van der Waals surface area contributed by atoms with Gasteiger partial charge in [-0.2, -0.15) is 0 Å². The third-order valence-corrected chi connectivity index (χ3v) is 4.03. The summed E-state index contributed by atoms with van der Waals surface area (Å²) < 4.78 is 5.15. The maximum atomic E-state index is 11.6. The number of phenols is 2. The minimum Gasteiger partial charge on any atom is -0.504 e. The third-order valence-electron chi connectivity index (χ3n) is 4.03. The van der Waals surface area contributed by atoms with E-state index < -0.39 is 5.97 Å². The topological polar surface area (TPSA) is 66.8 Å². The number of aromatic hydroxyl groups is 2. The first-order valence-electron chi connectivity index (χ1n) is 9.23. The van der Waals surface area contributed by atoms with Gasteiger partial charge in [-0.1, -0.05) is 61.4 Å². The molecule has 0 fully saturated rings. The average molecular weight is 366 g/mol. The molecule has 0 amide bonds. The average Bonchev–Trinajstić information content (AvgIpc) is 2.68. The number of esters is 1. The molecule has 0 aromatic heterocycles. The molecule has 0 bridgehead atoms. The van der Waals surface area contributed by atoms with E-state index in [0.29, 0.717) is 12.2 Å². The van der Waals surface area contributed by atoms with Crippen LogP contribution in [0.5, 0.6) is 11.5 Å². The highest BCUT2D eigenvalue weighted by molar-refractivity contribution is 5.87. The summed E-state index contributed by atoms with van der Waals surface area (Å²) in [6.07, 6.45) is 12.4. The van der Waals surface area contributed by atoms with Crippen LogP contribution in [-0.4, -0.2) is 22.8 Å². The van der Waals surface area contributed by atoms with E-state index in [0.717, 1.165) is 32.1 Å². The monoisotopic (exact) mass is 366 g/mol. The zero-order valence-corrected chi connectivity index (χ0v) is 15.4. The molecule has 2 N–H and O–H groups in total. The highest BCUT2D eigenvalue weighted by Crippen LogP contribution is 2.25. The zero-order chi connectivity index (χ0) is 19.3. The van der Waals surface area contributed by atoms with Crippen LogP contribution in [0.25, 0.3) is 12.2 Å². The quantitative estimate of drug-likeness (QED) is 0.258. The number of hydrogen-bond donors (Lipinski definition) is 2. The second-order valence-corrected chi connectivity index (χ2v) is 6.26. The van der Waals surface area contributed by atoms with Crippen LogP contribution in [0.3, 0.4) is 0 Å². The summed E-state index contributed by atoms with van der Waals surface area (Å²) >= 11 is 0. The SMILES string of the molecule is O=C(C=Cc1ccc(O)c(O)c1)OCCCCCCC=Cc1ccccc1. The van der Waals surface area contributed by atoms with Gasteiger partial charge in [0, 0.05) is 6.08 Å². The van der Waals surface area contributed by atoms with Crippen LogP contribution in [0, 0.1) is 0 Å². The van der Waals surface area contributed by atoms with Crippen LogP contribution >= 0.6 is 0 Å². The van der Waals surface area contributed by atoms with Crippen LogP contribution in [0.2, 0.25) is 0 Å². The van der Waals surface area contributed by atoms with Crippen molar-refractivity contribution in [2.24, 2.45) is 0 Å². The molecule has 4 nitrogen and oxygen atoms in total. The molecule has 4 heteroatoms. The van der Waals surface area contributed by atoms with Crippen LogP contribution in [0.15, 0.2) is 60.7 Å². The Bertz CT molecular complexity index is 763. The number of rotatable bonds is 10. The Hall–Kier alpha value is -3.01. The molecule has 2 rings (SSSR count). The Balaban J connectivity index is 1.52. The Labute approximate surface area is 160 Å². The summed E-state index contributed by atoms with van der Waals surface area (Å²) in [5, 5.41) is 18.6. The number of carbonyl (C=O) groups is 1. The van der Waals surface area contributed by atoms with Crippen molar-refractivity contribution in [3.8, 4) is 11.5 Å². The molecule has 0 heterocycles. The second kappa shape index (κ2) is 11.6. The van der Waals surface area contributed by atoms with Gasteiger partial charge in [0.15, 0.2) is 11.5 Å². The molecule has 0 aliphatic carbocycles. The van der Waals surface area contributed by atoms with Crippen LogP contribution in [0.4, 0.5) is 0 Å². The number of benzene rings is 2. The Morgan fingerprint density at radius 2 is 1.63 bits per heavy atom. The van der Waals surface area contributed by atoms with Crippen LogP contribution < -0.4 is 0 Å². The predicted molar refractivity (Wildman–Crippen MR) is 108 cm³/mol. The van der Waals surface area contributed by atoms with E-state index in [9.17, 15) is 15.0 Å². The smallest absolute Gasteiger partial charge is 0.330 e. The second-order valence-electron chi connectivity index (χ2n) is 6.26. The summed E-state index contributed by atoms with van der Waals surface area (Å²) in [7, 11) is 0. The van der Waals surface area contributed by atoms with E-state index in [4.69, 9.17) is 4.74 Å². The molecule has 142 valence electrons. The largest absolute Gasteiger partial charge is 0.504 e. The fourth-order valence-electron chi connectivity index (χ4n) is 2.53. The molecule has 27 heavy (non-hydrogen) atoms. The Morgan fingerprint density at radius 1 is 0.852 bits per heavy atom. The standard InChI is InChI=1S/C23H26O4/c24-21-15-13-20(18-22(21)25)14-16-23(26)27-17-9-4-2-1-3-6-10-19-11-7-5-8-12-19/h5-8,10-16,18,24-25H,1-4,9,17H2. The van der Waals surface area contributed by atoms with Crippen molar-refractivity contribution in [3.63, 3.8) is 0 Å². The summed E-state index contributed by atoms with van der Waals surface area (Å²) in [5.74, 6) is -0.817. The molecule has 2 aromatic rings. The fraction of sp³-hybridized carbons (Fsp3) is 0.261. The van der Waals surface area contributed by atoms with Crippen molar-refractivity contribution in [3.05, 3.63) is 71.8 Å². The molecule has 0 spiro atoms. The molecule has 0 aliphatic rings. The molecule has 2 aromatic carbocycles. The molecule has 0 aliphatic heterocycles. The number of hydrogen-bond acceptors (Lipinski definition) is 4. The fourth-order valence-corrected chi connectivity index (χ4v) is 2.53. The normalized spacial score (nSPS) is 11.3. The van der Waals surface area contributed by atoms with Gasteiger partial charge in [-0.05, 0) is 48.6 Å². The van der Waals surface area contributed by atoms with E-state index in [2.05, 4.69) is 24.3 Å². The lowest BCUT2D eigenvalue weighted by atomic mass is 10.1. The summed E-state index contributed by atoms with van der Waals surface area (Å²) in [4.78, 5) is 11.6. The first-order valence-corrected chi connectivity index (χ1v) is 9.23. The molecular weight excluding hydrogens is 340 g/mol. The number of phenolic OH excluding ortho intramolecular Hbond substituents is 2. The first kappa shape index (κ1) is 20.3. The van der Waals surface area contributed by atoms with E-state index in [1.807, 2.05) is 18.2 Å². The minimum absolute atomic E-state index is 0.190. The predicted octanol–water partition coefficient (Wildman–Crippen LogP) is 5.32. The maximum absolute atomic E-state index is 11.6. The summed E-state index contributed by atoms with van der Waals surface area (Å²) in [6.45, 7) is 0.407. The Kier molecular flexibility index (Phi) is 8.70. The van der Waals surface area contributed by atoms with Crippen molar-refractivity contribution in [2.45, 2.75) is 32.1 Å². The molecule has 0 atom stereocenters. The van der Waals surface area contributed by atoms with Gasteiger partial charge >= 0.3 is 5.97 Å². The molecule has 0 unspecified atom stereocenters. The van der Waals surface area contributed by atoms with Crippen molar-refractivity contribution < 1.29 is 19.7 Å². The van der Waals surface area contributed by atoms with E-state index in [1.165, 1.54) is 23.8 Å². The van der Waals surface area contributed by atoms with Crippen LogP contribution in [-0.2, 0) is 9.53 Å². The van der Waals surface area contributed by atoms with E-state index in [-0.39, 0.29) is 11.5 Å². The summed E-state index contributed by atoms with van der Waals surface area (Å²) in [6, 6.07) is 14.6. The van der Waals surface area contributed by atoms with Crippen molar-refractivity contribution in [1.82, 2.24) is 0 Å². The lowest BCUT2D eigenvalue weighted by molar-refractivity contribution is -0.137. The molecule has 0 radical (unpaired) electrons. The molecular formula is C23H26O4. The van der Waals surface area contributed by atoms with Crippen molar-refractivity contribution in [2.75, 3.05) is 6.61 Å². The minimum atomic E-state index is -0.409. The van der Waals surface area contributed by atoms with E-state index >= 15 is 0 Å². The van der Waals surface area contributed by atoms with Gasteiger partial charge in [-0.25, -0.2) is 4.79 Å². The van der Waals surface area contributed by atoms with Crippen LogP contribution in [0.1, 0.15) is 43.2 Å². The number of allylic oxidation sites excluding steroid dienone is 1. The molecule has 0 saturated carbocycles. The number of carbonyl (C=O) groups excluding carboxylic acids is 1. The van der Waals surface area contributed by atoms with Crippen molar-refractivity contribution in [1.29, 1.82) is 0 Å². The van der Waals surface area contributed by atoms with Gasteiger partial charge in [-0.3, -0.25) is 0 Å².